The van der Waals surface area contributed by atoms with Gasteiger partial charge in [-0.25, -0.2) is 9.78 Å². The van der Waals surface area contributed by atoms with Gasteiger partial charge >= 0.3 is 12.1 Å². The lowest BCUT2D eigenvalue weighted by Crippen LogP contribution is -2.49. The molecule has 3 rings (SSSR count). The molecule has 25 heavy (non-hydrogen) atoms. The Morgan fingerprint density at radius 1 is 1.20 bits per heavy atom. The zero-order valence-corrected chi connectivity index (χ0v) is 13.0. The van der Waals surface area contributed by atoms with E-state index in [0.29, 0.717) is 5.69 Å². The first-order chi connectivity index (χ1) is 11.9. The molecule has 1 aromatic carbocycles. The highest BCUT2D eigenvalue weighted by Gasteiger charge is 2.44. The number of hydrogen-bond donors (Lipinski definition) is 1. The van der Waals surface area contributed by atoms with E-state index in [2.05, 4.69) is 4.98 Å². The van der Waals surface area contributed by atoms with Crippen LogP contribution in [0.4, 0.5) is 19.0 Å². The Kier molecular flexibility index (Phi) is 4.63. The number of ether oxygens (including phenoxy) is 1. The lowest BCUT2D eigenvalue weighted by Gasteiger charge is -2.35. The number of carboxylic acids is 1. The van der Waals surface area contributed by atoms with Crippen LogP contribution < -0.4 is 4.90 Å². The minimum Gasteiger partial charge on any atom is -0.478 e. The number of benzene rings is 1. The van der Waals surface area contributed by atoms with E-state index in [1.54, 1.807) is 30.3 Å². The second-order valence-corrected chi connectivity index (χ2v) is 5.59. The second-order valence-electron chi connectivity index (χ2n) is 5.59. The monoisotopic (exact) mass is 352 g/mol. The number of hydrogen-bond acceptors (Lipinski definition) is 4. The van der Waals surface area contributed by atoms with Gasteiger partial charge in [-0.05, 0) is 12.1 Å². The van der Waals surface area contributed by atoms with Gasteiger partial charge in [-0.2, -0.15) is 13.2 Å². The molecule has 8 heteroatoms. The Labute approximate surface area is 141 Å². The normalized spacial score (nSPS) is 18.2. The van der Waals surface area contributed by atoms with Crippen molar-refractivity contribution in [3.8, 4) is 11.3 Å². The summed E-state index contributed by atoms with van der Waals surface area (Å²) in [5, 5.41) is 9.36. The Morgan fingerprint density at radius 2 is 1.92 bits per heavy atom. The molecule has 1 atom stereocenters. The Morgan fingerprint density at radius 3 is 2.56 bits per heavy atom. The van der Waals surface area contributed by atoms with Crippen molar-refractivity contribution in [3.05, 3.63) is 48.0 Å². The first kappa shape index (κ1) is 17.2. The maximum Gasteiger partial charge on any atom is 0.416 e. The van der Waals surface area contributed by atoms with Crippen molar-refractivity contribution >= 4 is 11.8 Å². The number of aromatic carboxylic acids is 1. The maximum absolute atomic E-state index is 12.9. The van der Waals surface area contributed by atoms with Gasteiger partial charge in [0.25, 0.3) is 0 Å². The number of halogens is 3. The number of anilines is 1. The molecule has 1 unspecified atom stereocenters. The molecule has 1 saturated heterocycles. The second kappa shape index (κ2) is 6.72. The van der Waals surface area contributed by atoms with E-state index in [0.717, 1.165) is 5.56 Å². The number of aromatic nitrogens is 1. The third-order valence-electron chi connectivity index (χ3n) is 3.91. The summed E-state index contributed by atoms with van der Waals surface area (Å²) in [5.74, 6) is -1.22. The van der Waals surface area contributed by atoms with Crippen LogP contribution in [0.2, 0.25) is 0 Å². The first-order valence-corrected chi connectivity index (χ1v) is 7.59. The average molecular weight is 352 g/mol. The van der Waals surface area contributed by atoms with Gasteiger partial charge < -0.3 is 14.7 Å². The molecule has 132 valence electrons. The summed E-state index contributed by atoms with van der Waals surface area (Å²) < 4.78 is 43.6. The standard InChI is InChI=1S/C17H15F3N2O3/c18-17(19,20)14-10-22(8-9-25-14)15-12(16(23)24)6-7-13(21-15)11-4-2-1-3-5-11/h1-7,14H,8-10H2,(H,23,24). The third-order valence-corrected chi connectivity index (χ3v) is 3.91. The van der Waals surface area contributed by atoms with Crippen molar-refractivity contribution in [2.24, 2.45) is 0 Å². The quantitative estimate of drug-likeness (QED) is 0.919. The van der Waals surface area contributed by atoms with E-state index in [9.17, 15) is 23.1 Å². The Bertz CT molecular complexity index is 765. The van der Waals surface area contributed by atoms with E-state index in [1.165, 1.54) is 11.0 Å². The minimum atomic E-state index is -4.51. The highest BCUT2D eigenvalue weighted by atomic mass is 19.4. The number of pyridine rings is 1. The topological polar surface area (TPSA) is 62.7 Å². The molecule has 1 N–H and O–H groups in total. The summed E-state index contributed by atoms with van der Waals surface area (Å²) >= 11 is 0. The van der Waals surface area contributed by atoms with Crippen molar-refractivity contribution in [1.29, 1.82) is 0 Å². The van der Waals surface area contributed by atoms with E-state index in [1.807, 2.05) is 6.07 Å². The molecule has 0 spiro atoms. The van der Waals surface area contributed by atoms with E-state index >= 15 is 0 Å². The van der Waals surface area contributed by atoms with Crippen molar-refractivity contribution in [3.63, 3.8) is 0 Å². The summed E-state index contributed by atoms with van der Waals surface area (Å²) in [7, 11) is 0. The van der Waals surface area contributed by atoms with Crippen molar-refractivity contribution in [2.75, 3.05) is 24.6 Å². The van der Waals surface area contributed by atoms with Crippen LogP contribution in [0.15, 0.2) is 42.5 Å². The fourth-order valence-corrected chi connectivity index (χ4v) is 2.67. The zero-order valence-electron chi connectivity index (χ0n) is 13.0. The molecule has 0 bridgehead atoms. The van der Waals surface area contributed by atoms with Crippen LogP contribution in [-0.4, -0.2) is 48.0 Å². The maximum atomic E-state index is 12.9. The SMILES string of the molecule is O=C(O)c1ccc(-c2ccccc2)nc1N1CCOC(C(F)(F)F)C1. The highest BCUT2D eigenvalue weighted by Crippen LogP contribution is 2.30. The van der Waals surface area contributed by atoms with E-state index in [-0.39, 0.29) is 24.5 Å². The molecular weight excluding hydrogens is 337 g/mol. The van der Waals surface area contributed by atoms with Crippen LogP contribution in [0.3, 0.4) is 0 Å². The molecule has 2 aromatic rings. The molecule has 1 aromatic heterocycles. The molecule has 5 nitrogen and oxygen atoms in total. The summed E-state index contributed by atoms with van der Waals surface area (Å²) in [4.78, 5) is 17.1. The van der Waals surface area contributed by atoms with Crippen LogP contribution in [0.1, 0.15) is 10.4 Å². The van der Waals surface area contributed by atoms with Crippen molar-refractivity contribution in [1.82, 2.24) is 4.98 Å². The summed E-state index contributed by atoms with van der Waals surface area (Å²) in [6.07, 6.45) is -6.48. The minimum absolute atomic E-state index is 0.0198. The molecule has 0 radical (unpaired) electrons. The van der Waals surface area contributed by atoms with Gasteiger partial charge in [0.05, 0.1) is 18.8 Å². The molecular formula is C17H15F3N2O3. The third kappa shape index (κ3) is 3.74. The van der Waals surface area contributed by atoms with Gasteiger partial charge in [-0.15, -0.1) is 0 Å². The summed E-state index contributed by atoms with van der Waals surface area (Å²) in [6, 6.07) is 11.9. The summed E-state index contributed by atoms with van der Waals surface area (Å²) in [6.45, 7) is -0.506. The van der Waals surface area contributed by atoms with Gasteiger partial charge in [-0.1, -0.05) is 30.3 Å². The Hall–Kier alpha value is -2.61. The number of rotatable bonds is 3. The molecule has 0 amide bonds. The largest absolute Gasteiger partial charge is 0.478 e. The van der Waals surface area contributed by atoms with Gasteiger partial charge in [0.15, 0.2) is 6.10 Å². The highest BCUT2D eigenvalue weighted by molar-refractivity contribution is 5.94. The lowest BCUT2D eigenvalue weighted by molar-refractivity contribution is -0.221. The van der Waals surface area contributed by atoms with Crippen LogP contribution in [-0.2, 0) is 4.74 Å². The van der Waals surface area contributed by atoms with Gasteiger partial charge in [0.2, 0.25) is 0 Å². The van der Waals surface area contributed by atoms with Crippen LogP contribution >= 0.6 is 0 Å². The van der Waals surface area contributed by atoms with Gasteiger partial charge in [0, 0.05) is 12.1 Å². The van der Waals surface area contributed by atoms with E-state index in [4.69, 9.17) is 4.74 Å². The fraction of sp³-hybridized carbons (Fsp3) is 0.294. The van der Waals surface area contributed by atoms with Crippen molar-refractivity contribution in [2.45, 2.75) is 12.3 Å². The molecule has 1 aliphatic rings. The number of alkyl halides is 3. The van der Waals surface area contributed by atoms with Crippen molar-refractivity contribution < 1.29 is 27.8 Å². The summed E-state index contributed by atoms with van der Waals surface area (Å²) in [5.41, 5.74) is 1.11. The van der Waals surface area contributed by atoms with Gasteiger partial charge in [-0.3, -0.25) is 0 Å². The van der Waals surface area contributed by atoms with Gasteiger partial charge in [0.1, 0.15) is 11.4 Å². The molecule has 1 aliphatic heterocycles. The van der Waals surface area contributed by atoms with E-state index < -0.39 is 24.8 Å². The fourth-order valence-electron chi connectivity index (χ4n) is 2.67. The number of nitrogens with zero attached hydrogens (tertiary/aromatic N) is 2. The van der Waals surface area contributed by atoms with Crippen LogP contribution in [0, 0.1) is 0 Å². The first-order valence-electron chi connectivity index (χ1n) is 7.59. The predicted octanol–water partition coefficient (Wildman–Crippen LogP) is 3.21. The predicted molar refractivity (Wildman–Crippen MR) is 84.6 cm³/mol. The average Bonchev–Trinajstić information content (AvgIpc) is 2.61. The molecule has 2 heterocycles. The zero-order chi connectivity index (χ0) is 18.0. The molecule has 0 saturated carbocycles. The lowest BCUT2D eigenvalue weighted by atomic mass is 10.1. The number of carbonyl (C=O) groups is 1. The Balaban J connectivity index is 1.99. The van der Waals surface area contributed by atoms with Crippen LogP contribution in [0.5, 0.6) is 0 Å². The smallest absolute Gasteiger partial charge is 0.416 e. The molecule has 1 fully saturated rings. The van der Waals surface area contributed by atoms with Crippen LogP contribution in [0.25, 0.3) is 11.3 Å². The number of morpholine rings is 1. The number of carboxylic acid groups (broad SMARTS) is 1. The molecule has 0 aliphatic carbocycles.